The molecule has 1 aliphatic rings. The van der Waals surface area contributed by atoms with Crippen molar-refractivity contribution in [2.75, 3.05) is 5.73 Å². The number of hydrogen-bond donors (Lipinski definition) is 2. The van der Waals surface area contributed by atoms with E-state index in [1.807, 2.05) is 27.7 Å². The molecule has 1 aromatic carbocycles. The number of hydrogen-bond acceptors (Lipinski definition) is 5. The SMILES string of the molecule is CC1(C)OB(c2ccc(N)c(C(=N)c3cnn(C(F)F)c3)c2)OC1(C)C. The van der Waals surface area contributed by atoms with Crippen LogP contribution in [0, 0.1) is 5.41 Å². The maximum Gasteiger partial charge on any atom is 0.494 e. The van der Waals surface area contributed by atoms with Crippen LogP contribution >= 0.6 is 0 Å². The van der Waals surface area contributed by atoms with Gasteiger partial charge in [0.05, 0.1) is 23.1 Å². The van der Waals surface area contributed by atoms with Crippen LogP contribution in [0.5, 0.6) is 0 Å². The second-order valence-corrected chi connectivity index (χ2v) is 7.30. The van der Waals surface area contributed by atoms with Crippen LogP contribution in [0.4, 0.5) is 14.5 Å². The number of alkyl halides is 2. The van der Waals surface area contributed by atoms with E-state index in [-0.39, 0.29) is 11.3 Å². The fourth-order valence-corrected chi connectivity index (χ4v) is 2.65. The Morgan fingerprint density at radius 3 is 2.38 bits per heavy atom. The molecule has 1 saturated heterocycles. The molecule has 2 heterocycles. The van der Waals surface area contributed by atoms with Crippen molar-refractivity contribution in [3.8, 4) is 0 Å². The van der Waals surface area contributed by atoms with E-state index in [0.29, 0.717) is 21.4 Å². The van der Waals surface area contributed by atoms with Gasteiger partial charge in [0.15, 0.2) is 0 Å². The van der Waals surface area contributed by atoms with Gasteiger partial charge >= 0.3 is 13.7 Å². The van der Waals surface area contributed by atoms with Gasteiger partial charge < -0.3 is 15.0 Å². The van der Waals surface area contributed by atoms with Crippen LogP contribution < -0.4 is 11.2 Å². The maximum atomic E-state index is 12.7. The van der Waals surface area contributed by atoms with Gasteiger partial charge in [0, 0.05) is 23.0 Å². The zero-order valence-electron chi connectivity index (χ0n) is 15.1. The molecule has 0 unspecified atom stereocenters. The summed E-state index contributed by atoms with van der Waals surface area (Å²) >= 11 is 0. The van der Waals surface area contributed by atoms with Crippen LogP contribution in [0.3, 0.4) is 0 Å². The molecule has 6 nitrogen and oxygen atoms in total. The van der Waals surface area contributed by atoms with Crippen molar-refractivity contribution in [2.45, 2.75) is 45.4 Å². The summed E-state index contributed by atoms with van der Waals surface area (Å²) in [7, 11) is -0.601. The van der Waals surface area contributed by atoms with Gasteiger partial charge in [-0.1, -0.05) is 12.1 Å². The summed E-state index contributed by atoms with van der Waals surface area (Å²) in [5, 5.41) is 11.9. The molecule has 0 bridgehead atoms. The average molecular weight is 362 g/mol. The number of nitrogens with two attached hydrogens (primary N) is 1. The largest absolute Gasteiger partial charge is 0.494 e. The lowest BCUT2D eigenvalue weighted by Gasteiger charge is -2.32. The number of nitrogens with zero attached hydrogens (tertiary/aromatic N) is 2. The lowest BCUT2D eigenvalue weighted by atomic mass is 9.77. The monoisotopic (exact) mass is 362 g/mol. The summed E-state index contributed by atoms with van der Waals surface area (Å²) in [6.07, 6.45) is 2.34. The number of nitrogens with one attached hydrogen (secondary N) is 1. The summed E-state index contributed by atoms with van der Waals surface area (Å²) in [5.41, 5.74) is 6.75. The standard InChI is InChI=1S/C17H21BF2N4O2/c1-16(2)17(3,4)26-18(25-16)11-5-6-13(21)12(7-11)14(22)10-8-23-24(9-10)15(19)20/h5-9,15,22H,21H2,1-4H3. The molecule has 138 valence electrons. The first-order chi connectivity index (χ1) is 12.0. The van der Waals surface area contributed by atoms with E-state index in [4.69, 9.17) is 20.5 Å². The van der Waals surface area contributed by atoms with Crippen molar-refractivity contribution in [1.82, 2.24) is 9.78 Å². The predicted molar refractivity (Wildman–Crippen MR) is 96.0 cm³/mol. The molecule has 0 saturated carbocycles. The van der Waals surface area contributed by atoms with Crippen molar-refractivity contribution in [3.63, 3.8) is 0 Å². The molecule has 3 rings (SSSR count). The molecular formula is C17H21BF2N4O2. The quantitative estimate of drug-likeness (QED) is 0.497. The highest BCUT2D eigenvalue weighted by Gasteiger charge is 2.51. The minimum atomic E-state index is -2.76. The lowest BCUT2D eigenvalue weighted by molar-refractivity contribution is 0.00578. The van der Waals surface area contributed by atoms with Gasteiger partial charge in [-0.05, 0) is 39.2 Å². The Morgan fingerprint density at radius 2 is 1.85 bits per heavy atom. The zero-order valence-corrected chi connectivity index (χ0v) is 15.1. The Morgan fingerprint density at radius 1 is 1.23 bits per heavy atom. The third kappa shape index (κ3) is 3.12. The highest BCUT2D eigenvalue weighted by molar-refractivity contribution is 6.62. The second-order valence-electron chi connectivity index (χ2n) is 7.30. The Labute approximate surface area is 150 Å². The third-order valence-corrected chi connectivity index (χ3v) is 4.96. The van der Waals surface area contributed by atoms with Gasteiger partial charge in [-0.15, -0.1) is 0 Å². The minimum Gasteiger partial charge on any atom is -0.399 e. The first kappa shape index (κ1) is 18.5. The number of nitrogen functional groups attached to an aromatic ring is 1. The third-order valence-electron chi connectivity index (χ3n) is 4.96. The first-order valence-corrected chi connectivity index (χ1v) is 8.18. The normalized spacial score (nSPS) is 18.5. The Kier molecular flexibility index (Phi) is 4.40. The number of benzene rings is 1. The molecule has 3 N–H and O–H groups in total. The molecule has 9 heteroatoms. The summed E-state index contributed by atoms with van der Waals surface area (Å²) in [5.74, 6) is 0. The molecule has 1 aliphatic heterocycles. The fourth-order valence-electron chi connectivity index (χ4n) is 2.65. The number of rotatable bonds is 4. The predicted octanol–water partition coefficient (Wildman–Crippen LogP) is 2.58. The van der Waals surface area contributed by atoms with Crippen LogP contribution in [-0.4, -0.2) is 33.8 Å². The van der Waals surface area contributed by atoms with E-state index in [9.17, 15) is 8.78 Å². The molecule has 0 spiro atoms. The van der Waals surface area contributed by atoms with E-state index in [0.717, 1.165) is 6.20 Å². The van der Waals surface area contributed by atoms with Gasteiger partial charge in [0.2, 0.25) is 0 Å². The fraction of sp³-hybridized carbons (Fsp3) is 0.412. The minimum absolute atomic E-state index is 0.00719. The van der Waals surface area contributed by atoms with Crippen molar-refractivity contribution >= 4 is 24.0 Å². The number of halogens is 2. The van der Waals surface area contributed by atoms with E-state index in [1.165, 1.54) is 6.20 Å². The summed E-state index contributed by atoms with van der Waals surface area (Å²) in [6.45, 7) is 5.04. The Hall–Kier alpha value is -2.26. The van der Waals surface area contributed by atoms with Crippen molar-refractivity contribution in [1.29, 1.82) is 5.41 Å². The zero-order chi connectivity index (χ0) is 19.3. The topological polar surface area (TPSA) is 86.2 Å². The summed E-state index contributed by atoms with van der Waals surface area (Å²) < 4.78 is 38.0. The molecular weight excluding hydrogens is 341 g/mol. The van der Waals surface area contributed by atoms with E-state index in [2.05, 4.69) is 5.10 Å². The van der Waals surface area contributed by atoms with Gasteiger partial charge in [0.25, 0.3) is 0 Å². The van der Waals surface area contributed by atoms with E-state index in [1.54, 1.807) is 18.2 Å². The summed E-state index contributed by atoms with van der Waals surface area (Å²) in [4.78, 5) is 0. The molecule has 2 aromatic rings. The molecule has 1 aromatic heterocycles. The maximum absolute atomic E-state index is 12.7. The Bertz CT molecular complexity index is 835. The lowest BCUT2D eigenvalue weighted by Crippen LogP contribution is -2.41. The Balaban J connectivity index is 1.92. The number of anilines is 1. The second kappa shape index (κ2) is 6.17. The molecule has 26 heavy (non-hydrogen) atoms. The van der Waals surface area contributed by atoms with Crippen molar-refractivity contribution < 1.29 is 18.1 Å². The highest BCUT2D eigenvalue weighted by Crippen LogP contribution is 2.36. The highest BCUT2D eigenvalue weighted by atomic mass is 19.3. The van der Waals surface area contributed by atoms with Crippen molar-refractivity contribution in [3.05, 3.63) is 41.7 Å². The van der Waals surface area contributed by atoms with E-state index < -0.39 is 24.9 Å². The van der Waals surface area contributed by atoms with Crippen LogP contribution in [0.25, 0.3) is 0 Å². The molecule has 0 amide bonds. The van der Waals surface area contributed by atoms with Crippen LogP contribution in [0.2, 0.25) is 0 Å². The van der Waals surface area contributed by atoms with Gasteiger partial charge in [-0.3, -0.25) is 5.41 Å². The first-order valence-electron chi connectivity index (χ1n) is 8.18. The van der Waals surface area contributed by atoms with Gasteiger partial charge in [0.1, 0.15) is 0 Å². The molecule has 1 fully saturated rings. The van der Waals surface area contributed by atoms with Gasteiger partial charge in [-0.25, -0.2) is 4.68 Å². The molecule has 0 radical (unpaired) electrons. The average Bonchev–Trinajstić information content (AvgIpc) is 3.10. The summed E-state index contributed by atoms with van der Waals surface area (Å²) in [6, 6.07) is 5.12. The number of aromatic nitrogens is 2. The van der Waals surface area contributed by atoms with Crippen LogP contribution in [0.15, 0.2) is 30.6 Å². The van der Waals surface area contributed by atoms with Crippen LogP contribution in [-0.2, 0) is 9.31 Å². The smallest absolute Gasteiger partial charge is 0.399 e. The van der Waals surface area contributed by atoms with E-state index >= 15 is 0 Å². The van der Waals surface area contributed by atoms with Crippen molar-refractivity contribution in [2.24, 2.45) is 0 Å². The van der Waals surface area contributed by atoms with Gasteiger partial charge in [-0.2, -0.15) is 13.9 Å². The van der Waals surface area contributed by atoms with Crippen LogP contribution in [0.1, 0.15) is 45.4 Å². The molecule has 0 aliphatic carbocycles. The molecule has 0 atom stereocenters.